The highest BCUT2D eigenvalue weighted by Crippen LogP contribution is 2.24. The van der Waals surface area contributed by atoms with Crippen LogP contribution in [0.1, 0.15) is 16.8 Å². The highest BCUT2D eigenvalue weighted by Gasteiger charge is 2.10. The molecule has 0 fully saturated rings. The van der Waals surface area contributed by atoms with Crippen molar-refractivity contribution in [2.75, 3.05) is 11.9 Å². The number of aromatic nitrogens is 2. The van der Waals surface area contributed by atoms with Crippen molar-refractivity contribution in [3.63, 3.8) is 0 Å². The molecule has 0 atom stereocenters. The lowest BCUT2D eigenvalue weighted by atomic mass is 10.1. The van der Waals surface area contributed by atoms with Crippen LogP contribution in [-0.2, 0) is 0 Å². The van der Waals surface area contributed by atoms with Gasteiger partial charge >= 0.3 is 0 Å². The van der Waals surface area contributed by atoms with E-state index < -0.39 is 0 Å². The van der Waals surface area contributed by atoms with Crippen LogP contribution in [0.25, 0.3) is 0 Å². The molecule has 0 aliphatic heterocycles. The maximum absolute atomic E-state index is 5.59. The molecular weight excluding hydrogens is 256 g/mol. The molecule has 0 radical (unpaired) electrons. The molecule has 19 heavy (non-hydrogen) atoms. The van der Waals surface area contributed by atoms with Crippen LogP contribution < -0.4 is 10.6 Å². The summed E-state index contributed by atoms with van der Waals surface area (Å²) in [5.74, 6) is 0.581. The Kier molecular flexibility index (Phi) is 3.76. The summed E-state index contributed by atoms with van der Waals surface area (Å²) < 4.78 is 0. The van der Waals surface area contributed by atoms with Crippen molar-refractivity contribution in [1.82, 2.24) is 9.97 Å². The van der Waals surface area contributed by atoms with Gasteiger partial charge < -0.3 is 10.6 Å². The Labute approximate surface area is 118 Å². The van der Waals surface area contributed by atoms with E-state index in [1.165, 1.54) is 11.1 Å². The van der Waals surface area contributed by atoms with E-state index in [9.17, 15) is 0 Å². The molecule has 0 amide bonds. The Morgan fingerprint density at radius 2 is 2.00 bits per heavy atom. The Morgan fingerprint density at radius 1 is 1.26 bits per heavy atom. The molecule has 0 unspecified atom stereocenters. The van der Waals surface area contributed by atoms with E-state index >= 15 is 0 Å². The summed E-state index contributed by atoms with van der Waals surface area (Å²) in [6.45, 7) is 4.14. The molecule has 0 saturated carbocycles. The van der Waals surface area contributed by atoms with Gasteiger partial charge in [-0.25, -0.2) is 9.97 Å². The van der Waals surface area contributed by atoms with Gasteiger partial charge in [0, 0.05) is 18.9 Å². The largest absolute Gasteiger partial charge is 0.388 e. The van der Waals surface area contributed by atoms with E-state index in [1.54, 1.807) is 12.3 Å². The number of anilines is 2. The van der Waals surface area contributed by atoms with E-state index in [0.29, 0.717) is 11.6 Å². The first-order chi connectivity index (χ1) is 8.99. The fourth-order valence-electron chi connectivity index (χ4n) is 1.94. The minimum absolute atomic E-state index is 0.276. The molecule has 98 valence electrons. The van der Waals surface area contributed by atoms with E-state index in [0.717, 1.165) is 5.69 Å². The second-order valence-corrected chi connectivity index (χ2v) is 4.89. The maximum atomic E-state index is 5.59. The van der Waals surface area contributed by atoms with Crippen molar-refractivity contribution >= 4 is 28.8 Å². The molecular formula is C14H16N4S. The van der Waals surface area contributed by atoms with Gasteiger partial charge in [0.1, 0.15) is 10.7 Å². The lowest BCUT2D eigenvalue weighted by Gasteiger charge is -2.20. The monoisotopic (exact) mass is 272 g/mol. The summed E-state index contributed by atoms with van der Waals surface area (Å²) >= 11 is 4.94. The fourth-order valence-corrected chi connectivity index (χ4v) is 2.05. The van der Waals surface area contributed by atoms with Gasteiger partial charge in [0.25, 0.3) is 0 Å². The molecule has 1 aromatic carbocycles. The average molecular weight is 272 g/mol. The van der Waals surface area contributed by atoms with E-state index in [-0.39, 0.29) is 4.99 Å². The SMILES string of the molecule is Cc1ccc(N(C)c2nccc(C(N)=S)n2)c(C)c1. The Morgan fingerprint density at radius 3 is 2.63 bits per heavy atom. The quantitative estimate of drug-likeness (QED) is 0.870. The summed E-state index contributed by atoms with van der Waals surface area (Å²) in [6.07, 6.45) is 1.66. The molecule has 2 aromatic rings. The summed E-state index contributed by atoms with van der Waals surface area (Å²) in [5, 5.41) is 0. The predicted molar refractivity (Wildman–Crippen MR) is 81.9 cm³/mol. The van der Waals surface area contributed by atoms with Gasteiger partial charge in [-0.15, -0.1) is 0 Å². The third-order valence-corrected chi connectivity index (χ3v) is 3.12. The lowest BCUT2D eigenvalue weighted by molar-refractivity contribution is 1.03. The number of rotatable bonds is 3. The van der Waals surface area contributed by atoms with E-state index in [2.05, 4.69) is 42.0 Å². The number of aryl methyl sites for hydroxylation is 2. The molecule has 1 heterocycles. The Hall–Kier alpha value is -2.01. The number of benzene rings is 1. The molecule has 2 N–H and O–H groups in total. The van der Waals surface area contributed by atoms with Gasteiger partial charge in [0.05, 0.1) is 0 Å². The first-order valence-electron chi connectivity index (χ1n) is 5.93. The van der Waals surface area contributed by atoms with Crippen molar-refractivity contribution < 1.29 is 0 Å². The van der Waals surface area contributed by atoms with Gasteiger partial charge in [-0.2, -0.15) is 0 Å². The molecule has 0 saturated heterocycles. The Balaban J connectivity index is 2.41. The van der Waals surface area contributed by atoms with Crippen LogP contribution in [0.4, 0.5) is 11.6 Å². The average Bonchev–Trinajstić information content (AvgIpc) is 2.38. The fraction of sp³-hybridized carbons (Fsp3) is 0.214. The molecule has 0 aliphatic rings. The zero-order chi connectivity index (χ0) is 14.0. The second-order valence-electron chi connectivity index (χ2n) is 4.46. The zero-order valence-corrected chi connectivity index (χ0v) is 12.0. The molecule has 4 nitrogen and oxygen atoms in total. The van der Waals surface area contributed by atoms with Crippen molar-refractivity contribution in [1.29, 1.82) is 0 Å². The number of nitrogens with zero attached hydrogens (tertiary/aromatic N) is 3. The summed E-state index contributed by atoms with van der Waals surface area (Å²) in [5.41, 5.74) is 9.64. The topological polar surface area (TPSA) is 55.0 Å². The molecule has 0 aliphatic carbocycles. The van der Waals surface area contributed by atoms with Gasteiger partial charge in [0.15, 0.2) is 0 Å². The van der Waals surface area contributed by atoms with Crippen molar-refractivity contribution in [3.05, 3.63) is 47.3 Å². The number of hydrogen-bond donors (Lipinski definition) is 1. The third kappa shape index (κ3) is 2.88. The second kappa shape index (κ2) is 5.32. The minimum atomic E-state index is 0.276. The van der Waals surface area contributed by atoms with Gasteiger partial charge in [-0.1, -0.05) is 29.9 Å². The van der Waals surface area contributed by atoms with E-state index in [1.807, 2.05) is 11.9 Å². The van der Waals surface area contributed by atoms with Crippen LogP contribution in [-0.4, -0.2) is 22.0 Å². The molecule has 5 heteroatoms. The first-order valence-corrected chi connectivity index (χ1v) is 6.33. The predicted octanol–water partition coefficient (Wildman–Crippen LogP) is 2.50. The highest BCUT2D eigenvalue weighted by molar-refractivity contribution is 7.80. The van der Waals surface area contributed by atoms with Gasteiger partial charge in [0.2, 0.25) is 5.95 Å². The Bertz CT molecular complexity index is 625. The van der Waals surface area contributed by atoms with Gasteiger partial charge in [-0.05, 0) is 31.5 Å². The summed E-state index contributed by atoms with van der Waals surface area (Å²) in [7, 11) is 1.93. The van der Waals surface area contributed by atoms with E-state index in [4.69, 9.17) is 18.0 Å². The smallest absolute Gasteiger partial charge is 0.230 e. The summed E-state index contributed by atoms with van der Waals surface area (Å²) in [6, 6.07) is 7.96. The van der Waals surface area contributed by atoms with Crippen LogP contribution >= 0.6 is 12.2 Å². The molecule has 1 aromatic heterocycles. The zero-order valence-electron chi connectivity index (χ0n) is 11.2. The number of hydrogen-bond acceptors (Lipinski definition) is 4. The van der Waals surface area contributed by atoms with Crippen LogP contribution in [0.15, 0.2) is 30.5 Å². The molecule has 2 rings (SSSR count). The van der Waals surface area contributed by atoms with Crippen molar-refractivity contribution in [2.24, 2.45) is 5.73 Å². The van der Waals surface area contributed by atoms with Crippen LogP contribution in [0.5, 0.6) is 0 Å². The highest BCUT2D eigenvalue weighted by atomic mass is 32.1. The third-order valence-electron chi connectivity index (χ3n) is 2.91. The molecule has 0 bridgehead atoms. The summed E-state index contributed by atoms with van der Waals surface area (Å²) in [4.78, 5) is 10.8. The van der Waals surface area contributed by atoms with Crippen LogP contribution in [0, 0.1) is 13.8 Å². The normalized spacial score (nSPS) is 10.3. The van der Waals surface area contributed by atoms with Crippen LogP contribution in [0.2, 0.25) is 0 Å². The van der Waals surface area contributed by atoms with Crippen molar-refractivity contribution in [2.45, 2.75) is 13.8 Å². The number of thiocarbonyl (C=S) groups is 1. The molecule has 0 spiro atoms. The van der Waals surface area contributed by atoms with Gasteiger partial charge in [-0.3, -0.25) is 0 Å². The minimum Gasteiger partial charge on any atom is -0.388 e. The van der Waals surface area contributed by atoms with Crippen molar-refractivity contribution in [3.8, 4) is 0 Å². The van der Waals surface area contributed by atoms with Crippen LogP contribution in [0.3, 0.4) is 0 Å². The number of nitrogens with two attached hydrogens (primary N) is 1. The first kappa shape index (κ1) is 13.4. The lowest BCUT2D eigenvalue weighted by Crippen LogP contribution is -2.18. The standard InChI is InChI=1S/C14H16N4S/c1-9-4-5-12(10(2)8-9)18(3)14-16-7-6-11(17-14)13(15)19/h4-8H,1-3H3,(H2,15,19). The maximum Gasteiger partial charge on any atom is 0.230 e.